The van der Waals surface area contributed by atoms with E-state index in [1.807, 2.05) is 11.9 Å². The van der Waals surface area contributed by atoms with Gasteiger partial charge in [0.15, 0.2) is 5.15 Å². The summed E-state index contributed by atoms with van der Waals surface area (Å²) in [6, 6.07) is 3.56. The average molecular weight is 378 g/mol. The number of likely N-dealkylation sites (tertiary alicyclic amines) is 1. The van der Waals surface area contributed by atoms with Gasteiger partial charge in [0.05, 0.1) is 10.6 Å². The van der Waals surface area contributed by atoms with Crippen LogP contribution in [0.5, 0.6) is 0 Å². The summed E-state index contributed by atoms with van der Waals surface area (Å²) in [5.74, 6) is 0.386. The van der Waals surface area contributed by atoms with E-state index in [2.05, 4.69) is 32.2 Å². The van der Waals surface area contributed by atoms with Gasteiger partial charge in [-0.05, 0) is 45.1 Å². The highest BCUT2D eigenvalue weighted by Crippen LogP contribution is 2.35. The Bertz CT molecular complexity index is 796. The van der Waals surface area contributed by atoms with Crippen molar-refractivity contribution in [2.45, 2.75) is 18.9 Å². The molecule has 0 aromatic carbocycles. The lowest BCUT2D eigenvalue weighted by molar-refractivity contribution is -0.383. The highest BCUT2D eigenvalue weighted by Gasteiger charge is 2.30. The Hall–Kier alpha value is -2.52. The molecule has 9 nitrogen and oxygen atoms in total. The first kappa shape index (κ1) is 18.3. The van der Waals surface area contributed by atoms with Crippen LogP contribution in [0.25, 0.3) is 0 Å². The maximum Gasteiger partial charge on any atom is 0.353 e. The van der Waals surface area contributed by atoms with E-state index in [1.165, 1.54) is 6.33 Å². The standard InChI is InChI=1S/C16H20ClN7O2/c1-22-8-5-11(6-9-22)23(2)16-13(24(25)26)15(19-10-20-16)21-12-4-3-7-18-14(12)17/h3-4,7,10-11H,5-6,8-9H2,1-2H3,(H,19,20,21). The Balaban J connectivity index is 1.93. The predicted molar refractivity (Wildman–Crippen MR) is 100 cm³/mol. The summed E-state index contributed by atoms with van der Waals surface area (Å²) in [5, 5.41) is 14.9. The fraction of sp³-hybridized carbons (Fsp3) is 0.438. The van der Waals surface area contributed by atoms with Gasteiger partial charge in [0.2, 0.25) is 11.6 Å². The Labute approximate surface area is 156 Å². The van der Waals surface area contributed by atoms with Crippen LogP contribution in [0.3, 0.4) is 0 Å². The van der Waals surface area contributed by atoms with Crippen molar-refractivity contribution in [3.05, 3.63) is 39.9 Å². The zero-order chi connectivity index (χ0) is 18.7. The fourth-order valence-electron chi connectivity index (χ4n) is 3.05. The minimum absolute atomic E-state index is 0.0923. The summed E-state index contributed by atoms with van der Waals surface area (Å²) >= 11 is 6.04. The topological polar surface area (TPSA) is 100 Å². The van der Waals surface area contributed by atoms with Gasteiger partial charge in [-0.15, -0.1) is 0 Å². The summed E-state index contributed by atoms with van der Waals surface area (Å²) < 4.78 is 0. The predicted octanol–water partition coefficient (Wildman–Crippen LogP) is 2.71. The first-order valence-corrected chi connectivity index (χ1v) is 8.63. The van der Waals surface area contributed by atoms with Gasteiger partial charge in [-0.1, -0.05) is 11.6 Å². The maximum atomic E-state index is 11.8. The molecule has 10 heteroatoms. The number of anilines is 3. The minimum Gasteiger partial charge on any atom is -0.351 e. The molecule has 0 saturated carbocycles. The molecular formula is C16H20ClN7O2. The van der Waals surface area contributed by atoms with Crippen LogP contribution in [0.2, 0.25) is 5.15 Å². The fourth-order valence-corrected chi connectivity index (χ4v) is 3.22. The molecule has 0 atom stereocenters. The van der Waals surface area contributed by atoms with Gasteiger partial charge in [-0.25, -0.2) is 15.0 Å². The normalized spacial score (nSPS) is 15.7. The van der Waals surface area contributed by atoms with Crippen LogP contribution in [0.4, 0.5) is 23.0 Å². The lowest BCUT2D eigenvalue weighted by Gasteiger charge is -2.35. The van der Waals surface area contributed by atoms with E-state index < -0.39 is 4.92 Å². The Morgan fingerprint density at radius 1 is 1.35 bits per heavy atom. The van der Waals surface area contributed by atoms with Gasteiger partial charge in [-0.3, -0.25) is 10.1 Å². The van der Waals surface area contributed by atoms with E-state index in [1.54, 1.807) is 18.3 Å². The van der Waals surface area contributed by atoms with Crippen molar-refractivity contribution >= 4 is 34.6 Å². The molecule has 3 rings (SSSR count). The number of nitrogens with zero attached hydrogens (tertiary/aromatic N) is 6. The lowest BCUT2D eigenvalue weighted by atomic mass is 10.0. The molecule has 0 radical (unpaired) electrons. The van der Waals surface area contributed by atoms with Crippen LogP contribution in [0, 0.1) is 10.1 Å². The molecule has 1 fully saturated rings. The first-order valence-electron chi connectivity index (χ1n) is 8.25. The number of halogens is 1. The molecule has 0 unspecified atom stereocenters. The molecule has 0 bridgehead atoms. The van der Waals surface area contributed by atoms with E-state index >= 15 is 0 Å². The van der Waals surface area contributed by atoms with Crippen LogP contribution in [-0.2, 0) is 0 Å². The second-order valence-electron chi connectivity index (χ2n) is 6.26. The van der Waals surface area contributed by atoms with Crippen LogP contribution < -0.4 is 10.2 Å². The quantitative estimate of drug-likeness (QED) is 0.482. The highest BCUT2D eigenvalue weighted by molar-refractivity contribution is 6.32. The van der Waals surface area contributed by atoms with E-state index in [0.29, 0.717) is 11.5 Å². The van der Waals surface area contributed by atoms with Gasteiger partial charge in [-0.2, -0.15) is 0 Å². The number of hydrogen-bond donors (Lipinski definition) is 1. The van der Waals surface area contributed by atoms with E-state index in [0.717, 1.165) is 25.9 Å². The summed E-state index contributed by atoms with van der Waals surface area (Å²) in [7, 11) is 3.91. The molecule has 0 amide bonds. The molecule has 138 valence electrons. The third kappa shape index (κ3) is 3.83. The molecule has 2 aromatic rings. The second kappa shape index (κ2) is 7.79. The van der Waals surface area contributed by atoms with Crippen molar-refractivity contribution in [1.29, 1.82) is 0 Å². The molecule has 1 N–H and O–H groups in total. The zero-order valence-electron chi connectivity index (χ0n) is 14.6. The third-order valence-electron chi connectivity index (χ3n) is 4.57. The molecule has 26 heavy (non-hydrogen) atoms. The molecule has 1 aliphatic rings. The number of nitro groups is 1. The average Bonchev–Trinajstić information content (AvgIpc) is 2.63. The second-order valence-corrected chi connectivity index (χ2v) is 6.62. The zero-order valence-corrected chi connectivity index (χ0v) is 15.3. The molecule has 2 aromatic heterocycles. The number of rotatable bonds is 5. The summed E-state index contributed by atoms with van der Waals surface area (Å²) in [4.78, 5) is 27.6. The first-order chi connectivity index (χ1) is 12.5. The van der Waals surface area contributed by atoms with Gasteiger partial charge in [0.1, 0.15) is 6.33 Å². The van der Waals surface area contributed by atoms with Crippen LogP contribution in [-0.4, -0.2) is 58.0 Å². The molecule has 0 aliphatic carbocycles. The molecule has 0 spiro atoms. The van der Waals surface area contributed by atoms with Crippen LogP contribution >= 0.6 is 11.6 Å². The van der Waals surface area contributed by atoms with Crippen molar-refractivity contribution in [2.24, 2.45) is 0 Å². The molecule has 1 saturated heterocycles. The molecular weight excluding hydrogens is 358 g/mol. The smallest absolute Gasteiger partial charge is 0.351 e. The van der Waals surface area contributed by atoms with Gasteiger partial charge < -0.3 is 15.1 Å². The molecule has 1 aliphatic heterocycles. The van der Waals surface area contributed by atoms with Crippen molar-refractivity contribution in [3.8, 4) is 0 Å². The van der Waals surface area contributed by atoms with Crippen LogP contribution in [0.15, 0.2) is 24.7 Å². The molecule has 3 heterocycles. The van der Waals surface area contributed by atoms with Gasteiger partial charge >= 0.3 is 5.69 Å². The van der Waals surface area contributed by atoms with Crippen molar-refractivity contribution in [1.82, 2.24) is 19.9 Å². The highest BCUT2D eigenvalue weighted by atomic mass is 35.5. The van der Waals surface area contributed by atoms with Crippen molar-refractivity contribution in [2.75, 3.05) is 37.4 Å². The number of pyridine rings is 1. The van der Waals surface area contributed by atoms with Crippen molar-refractivity contribution in [3.63, 3.8) is 0 Å². The SMILES string of the molecule is CN1CCC(N(C)c2ncnc(Nc3cccnc3Cl)c2[N+](=O)[O-])CC1. The lowest BCUT2D eigenvalue weighted by Crippen LogP contribution is -2.42. The largest absolute Gasteiger partial charge is 0.353 e. The Morgan fingerprint density at radius 3 is 2.73 bits per heavy atom. The van der Waals surface area contributed by atoms with Crippen LogP contribution in [0.1, 0.15) is 12.8 Å². The number of piperidine rings is 1. The monoisotopic (exact) mass is 377 g/mol. The van der Waals surface area contributed by atoms with Gasteiger partial charge in [0.25, 0.3) is 0 Å². The summed E-state index contributed by atoms with van der Waals surface area (Å²) in [6.07, 6.45) is 4.71. The Morgan fingerprint density at radius 2 is 2.08 bits per heavy atom. The van der Waals surface area contributed by atoms with E-state index in [4.69, 9.17) is 11.6 Å². The minimum atomic E-state index is -0.465. The maximum absolute atomic E-state index is 11.8. The Kier molecular flexibility index (Phi) is 5.48. The van der Waals surface area contributed by atoms with E-state index in [9.17, 15) is 10.1 Å². The van der Waals surface area contributed by atoms with Gasteiger partial charge in [0, 0.05) is 19.3 Å². The summed E-state index contributed by atoms with van der Waals surface area (Å²) in [5.41, 5.74) is 0.276. The third-order valence-corrected chi connectivity index (χ3v) is 4.87. The van der Waals surface area contributed by atoms with E-state index in [-0.39, 0.29) is 22.7 Å². The number of nitrogens with one attached hydrogen (secondary N) is 1. The number of hydrogen-bond acceptors (Lipinski definition) is 8. The van der Waals surface area contributed by atoms with Crippen molar-refractivity contribution < 1.29 is 4.92 Å². The number of aromatic nitrogens is 3. The summed E-state index contributed by atoms with van der Waals surface area (Å²) in [6.45, 7) is 1.90.